The molecule has 0 bridgehead atoms. The third-order valence-electron chi connectivity index (χ3n) is 3.82. The summed E-state index contributed by atoms with van der Waals surface area (Å²) in [5.74, 6) is 1.10. The molecule has 1 N–H and O–H groups in total. The summed E-state index contributed by atoms with van der Waals surface area (Å²) < 4.78 is 10.1. The monoisotopic (exact) mass is 289 g/mol. The highest BCUT2D eigenvalue weighted by atomic mass is 16.5. The highest BCUT2D eigenvalue weighted by molar-refractivity contribution is 5.32. The summed E-state index contributed by atoms with van der Waals surface area (Å²) in [4.78, 5) is 6.48. The lowest BCUT2D eigenvalue weighted by molar-refractivity contribution is 0.105. The minimum atomic E-state index is -0.0145. The van der Waals surface area contributed by atoms with Crippen molar-refractivity contribution in [1.29, 1.82) is 0 Å². The second kappa shape index (κ2) is 6.34. The summed E-state index contributed by atoms with van der Waals surface area (Å²) >= 11 is 0. The number of aliphatic hydroxyl groups excluding tert-OH is 1. The number of fused-ring (bicyclic) bond motifs is 1. The molecule has 0 saturated carbocycles. The van der Waals surface area contributed by atoms with E-state index in [0.717, 1.165) is 13.0 Å². The zero-order valence-electron chi connectivity index (χ0n) is 12.0. The van der Waals surface area contributed by atoms with Gasteiger partial charge in [-0.1, -0.05) is 29.4 Å². The quantitative estimate of drug-likeness (QED) is 0.894. The Labute approximate surface area is 123 Å². The molecule has 1 aromatic carbocycles. The average molecular weight is 289 g/mol. The molecule has 1 aromatic heterocycles. The number of hydrogen-bond acceptors (Lipinski definition) is 6. The molecule has 6 heteroatoms. The Kier molecular flexibility index (Phi) is 4.28. The van der Waals surface area contributed by atoms with Crippen molar-refractivity contribution in [3.63, 3.8) is 0 Å². The Morgan fingerprint density at radius 1 is 1.43 bits per heavy atom. The second-order valence-electron chi connectivity index (χ2n) is 5.16. The van der Waals surface area contributed by atoms with Crippen molar-refractivity contribution in [3.8, 4) is 0 Å². The molecule has 1 aliphatic rings. The molecule has 1 aliphatic heterocycles. The Morgan fingerprint density at radius 2 is 2.29 bits per heavy atom. The molecular weight excluding hydrogens is 270 g/mol. The van der Waals surface area contributed by atoms with Crippen LogP contribution in [0.25, 0.3) is 0 Å². The Morgan fingerprint density at radius 3 is 3.10 bits per heavy atom. The van der Waals surface area contributed by atoms with Crippen molar-refractivity contribution in [3.05, 3.63) is 47.1 Å². The van der Waals surface area contributed by atoms with Crippen molar-refractivity contribution in [2.75, 3.05) is 20.3 Å². The van der Waals surface area contributed by atoms with Crippen LogP contribution >= 0.6 is 0 Å². The normalized spacial score (nSPS) is 18.7. The third kappa shape index (κ3) is 2.97. The van der Waals surface area contributed by atoms with Crippen LogP contribution < -0.4 is 0 Å². The number of nitrogens with zero attached hydrogens (tertiary/aromatic N) is 3. The summed E-state index contributed by atoms with van der Waals surface area (Å²) in [5, 5.41) is 13.7. The number of benzene rings is 1. The molecule has 2 heterocycles. The van der Waals surface area contributed by atoms with Gasteiger partial charge in [-0.2, -0.15) is 4.98 Å². The number of rotatable bonds is 5. The van der Waals surface area contributed by atoms with Crippen LogP contribution in [0.1, 0.15) is 28.9 Å². The van der Waals surface area contributed by atoms with Gasteiger partial charge in [0.25, 0.3) is 5.89 Å². The largest absolute Gasteiger partial charge is 0.394 e. The first-order valence-corrected chi connectivity index (χ1v) is 7.05. The van der Waals surface area contributed by atoms with E-state index in [1.165, 1.54) is 11.1 Å². The van der Waals surface area contributed by atoms with E-state index >= 15 is 0 Å². The molecule has 2 aromatic rings. The van der Waals surface area contributed by atoms with E-state index in [-0.39, 0.29) is 12.6 Å². The van der Waals surface area contributed by atoms with Gasteiger partial charge in [-0.15, -0.1) is 0 Å². The average Bonchev–Trinajstić information content (AvgIpc) is 2.95. The van der Waals surface area contributed by atoms with Crippen LogP contribution in [0.5, 0.6) is 0 Å². The molecule has 6 nitrogen and oxygen atoms in total. The molecular formula is C15H19N3O3. The zero-order chi connectivity index (χ0) is 14.7. The molecule has 3 rings (SSSR count). The van der Waals surface area contributed by atoms with E-state index < -0.39 is 0 Å². The van der Waals surface area contributed by atoms with Gasteiger partial charge in [-0.05, 0) is 17.5 Å². The SMILES string of the molecule is COCc1nc(CN2CCc3ccccc3C2CO)no1. The number of ether oxygens (including phenoxy) is 1. The van der Waals surface area contributed by atoms with Gasteiger partial charge >= 0.3 is 0 Å². The molecule has 112 valence electrons. The zero-order valence-corrected chi connectivity index (χ0v) is 12.0. The number of hydrogen-bond donors (Lipinski definition) is 1. The van der Waals surface area contributed by atoms with E-state index in [1.54, 1.807) is 7.11 Å². The fraction of sp³-hybridized carbons (Fsp3) is 0.467. The first-order valence-electron chi connectivity index (χ1n) is 7.05. The van der Waals surface area contributed by atoms with Gasteiger partial charge < -0.3 is 14.4 Å². The Balaban J connectivity index is 1.76. The Bertz CT molecular complexity index is 599. The van der Waals surface area contributed by atoms with Crippen molar-refractivity contribution >= 4 is 0 Å². The highest BCUT2D eigenvalue weighted by Gasteiger charge is 2.27. The van der Waals surface area contributed by atoms with Crippen LogP contribution in [0, 0.1) is 0 Å². The first kappa shape index (κ1) is 14.2. The number of methoxy groups -OCH3 is 1. The molecule has 0 radical (unpaired) electrons. The predicted octanol–water partition coefficient (Wildman–Crippen LogP) is 1.31. The van der Waals surface area contributed by atoms with Gasteiger partial charge in [0.05, 0.1) is 19.2 Å². The minimum Gasteiger partial charge on any atom is -0.394 e. The van der Waals surface area contributed by atoms with Gasteiger partial charge in [0.1, 0.15) is 6.61 Å². The van der Waals surface area contributed by atoms with Gasteiger partial charge in [-0.25, -0.2) is 0 Å². The van der Waals surface area contributed by atoms with Crippen molar-refractivity contribution in [2.24, 2.45) is 0 Å². The summed E-state index contributed by atoms with van der Waals surface area (Å²) in [5.41, 5.74) is 2.49. The van der Waals surface area contributed by atoms with Crippen LogP contribution in [0.2, 0.25) is 0 Å². The molecule has 0 saturated heterocycles. The van der Waals surface area contributed by atoms with Crippen LogP contribution in [0.15, 0.2) is 28.8 Å². The fourth-order valence-electron chi connectivity index (χ4n) is 2.82. The molecule has 0 spiro atoms. The van der Waals surface area contributed by atoms with E-state index in [9.17, 15) is 5.11 Å². The predicted molar refractivity (Wildman–Crippen MR) is 75.4 cm³/mol. The Hall–Kier alpha value is -1.76. The number of aliphatic hydroxyl groups is 1. The van der Waals surface area contributed by atoms with Crippen LogP contribution in [-0.4, -0.2) is 40.4 Å². The maximum atomic E-state index is 9.75. The molecule has 1 atom stereocenters. The van der Waals surface area contributed by atoms with Gasteiger partial charge in [0, 0.05) is 13.7 Å². The molecule has 1 unspecified atom stereocenters. The smallest absolute Gasteiger partial charge is 0.252 e. The van der Waals surface area contributed by atoms with Crippen LogP contribution in [0.3, 0.4) is 0 Å². The fourth-order valence-corrected chi connectivity index (χ4v) is 2.82. The van der Waals surface area contributed by atoms with E-state index in [2.05, 4.69) is 27.2 Å². The molecule has 0 amide bonds. The minimum absolute atomic E-state index is 0.0145. The van der Waals surface area contributed by atoms with Crippen molar-refractivity contribution < 1.29 is 14.4 Å². The molecule has 0 aliphatic carbocycles. The summed E-state index contributed by atoms with van der Waals surface area (Å²) in [6.45, 7) is 1.84. The lowest BCUT2D eigenvalue weighted by atomic mass is 9.93. The summed E-state index contributed by atoms with van der Waals surface area (Å²) in [7, 11) is 1.59. The maximum absolute atomic E-state index is 9.75. The summed E-state index contributed by atoms with van der Waals surface area (Å²) in [6, 6.07) is 8.24. The van der Waals surface area contributed by atoms with Gasteiger partial charge in [0.2, 0.25) is 0 Å². The van der Waals surface area contributed by atoms with Crippen molar-refractivity contribution in [2.45, 2.75) is 25.6 Å². The van der Waals surface area contributed by atoms with E-state index in [0.29, 0.717) is 24.9 Å². The van der Waals surface area contributed by atoms with Gasteiger partial charge in [0.15, 0.2) is 5.82 Å². The van der Waals surface area contributed by atoms with Crippen molar-refractivity contribution in [1.82, 2.24) is 15.0 Å². The topological polar surface area (TPSA) is 71.6 Å². The lowest BCUT2D eigenvalue weighted by Gasteiger charge is -2.35. The van der Waals surface area contributed by atoms with Crippen LogP contribution in [-0.2, 0) is 24.3 Å². The second-order valence-corrected chi connectivity index (χ2v) is 5.16. The van der Waals surface area contributed by atoms with E-state index in [1.807, 2.05) is 12.1 Å². The molecule has 0 fully saturated rings. The molecule has 21 heavy (non-hydrogen) atoms. The number of aromatic nitrogens is 2. The van der Waals surface area contributed by atoms with Crippen LogP contribution in [0.4, 0.5) is 0 Å². The summed E-state index contributed by atoms with van der Waals surface area (Å²) in [6.07, 6.45) is 0.968. The standard InChI is InChI=1S/C15H19N3O3/c1-20-10-15-16-14(17-21-15)8-18-7-6-11-4-2-3-5-12(11)13(18)9-19/h2-5,13,19H,6-10H2,1H3. The maximum Gasteiger partial charge on any atom is 0.252 e. The lowest BCUT2D eigenvalue weighted by Crippen LogP contribution is -2.37. The third-order valence-corrected chi connectivity index (χ3v) is 3.82. The van der Waals surface area contributed by atoms with E-state index in [4.69, 9.17) is 9.26 Å². The highest BCUT2D eigenvalue weighted by Crippen LogP contribution is 2.30. The van der Waals surface area contributed by atoms with Gasteiger partial charge in [-0.3, -0.25) is 4.90 Å². The first-order chi connectivity index (χ1) is 10.3.